The number of rotatable bonds is 3. The van der Waals surface area contributed by atoms with E-state index in [1.807, 2.05) is 12.1 Å². The minimum atomic E-state index is -1.70. The summed E-state index contributed by atoms with van der Waals surface area (Å²) in [6, 6.07) is 12.0. The van der Waals surface area contributed by atoms with Crippen molar-refractivity contribution in [1.82, 2.24) is 0 Å². The molecule has 7 unspecified atom stereocenters. The summed E-state index contributed by atoms with van der Waals surface area (Å²) in [7, 11) is 0. The summed E-state index contributed by atoms with van der Waals surface area (Å²) in [5.74, 6) is -1.56. The van der Waals surface area contributed by atoms with Crippen LogP contribution in [0.3, 0.4) is 0 Å². The number of aliphatic hydroxyl groups excluding tert-OH is 4. The summed E-state index contributed by atoms with van der Waals surface area (Å²) in [4.78, 5) is 26.3. The van der Waals surface area contributed by atoms with Crippen LogP contribution in [0, 0.1) is 5.92 Å². The van der Waals surface area contributed by atoms with Crippen molar-refractivity contribution < 1.29 is 63.5 Å². The van der Waals surface area contributed by atoms with Crippen molar-refractivity contribution in [1.29, 1.82) is 0 Å². The Morgan fingerprint density at radius 3 is 2.38 bits per heavy atom. The standard InChI is InChI=1S/C32H36O13/c1-2-20-21-14-26(35)40-11-9-17-3-6-19(7-4-17)43-24-13-18(5-8-23(24)34)10-12-41-30(39)22(21)16-42-31(20)45-32-29(38)28(37)27(36)25(15-33)44-32/h2-8,13,16,21,25,27-29,31-34,36-38H,9-12,14-15H2,1H3. The second-order valence-electron chi connectivity index (χ2n) is 10.8. The van der Waals surface area contributed by atoms with Gasteiger partial charge in [0.25, 0.3) is 0 Å². The fourth-order valence-electron chi connectivity index (χ4n) is 5.31. The van der Waals surface area contributed by atoms with E-state index in [1.54, 1.807) is 37.3 Å². The number of hydrogen-bond donors (Lipinski definition) is 5. The third kappa shape index (κ3) is 7.47. The molecule has 13 heteroatoms. The Morgan fingerprint density at radius 1 is 0.933 bits per heavy atom. The van der Waals surface area contributed by atoms with E-state index in [2.05, 4.69) is 0 Å². The van der Waals surface area contributed by atoms with Crippen LogP contribution in [0.4, 0.5) is 0 Å². The smallest absolute Gasteiger partial charge is 0.337 e. The van der Waals surface area contributed by atoms with Gasteiger partial charge in [0, 0.05) is 24.3 Å². The molecular formula is C32H36O13. The molecule has 4 aliphatic heterocycles. The molecule has 4 aliphatic rings. The first kappa shape index (κ1) is 32.4. The van der Waals surface area contributed by atoms with Crippen molar-refractivity contribution in [3.05, 3.63) is 77.1 Å². The molecule has 7 atom stereocenters. The maximum Gasteiger partial charge on any atom is 0.337 e. The molecule has 0 radical (unpaired) electrons. The summed E-state index contributed by atoms with van der Waals surface area (Å²) >= 11 is 0. The van der Waals surface area contributed by atoms with Crippen LogP contribution in [-0.4, -0.2) is 94.3 Å². The average molecular weight is 629 g/mol. The minimum absolute atomic E-state index is 0.0247. The number of aromatic hydroxyl groups is 1. The Kier molecular flexibility index (Phi) is 10.4. The second-order valence-corrected chi connectivity index (χ2v) is 10.8. The highest BCUT2D eigenvalue weighted by molar-refractivity contribution is 5.91. The number of carbonyl (C=O) groups excluding carboxylic acids is 2. The van der Waals surface area contributed by atoms with Crippen molar-refractivity contribution in [2.75, 3.05) is 19.8 Å². The lowest BCUT2D eigenvalue weighted by Gasteiger charge is -2.42. The highest BCUT2D eigenvalue weighted by Gasteiger charge is 2.47. The lowest BCUT2D eigenvalue weighted by Crippen LogP contribution is -2.60. The first-order valence-corrected chi connectivity index (χ1v) is 14.6. The molecule has 1 fully saturated rings. The third-order valence-electron chi connectivity index (χ3n) is 7.87. The largest absolute Gasteiger partial charge is 0.504 e. The van der Waals surface area contributed by atoms with Gasteiger partial charge in [-0.1, -0.05) is 24.3 Å². The van der Waals surface area contributed by atoms with Gasteiger partial charge in [0.15, 0.2) is 17.8 Å². The number of benzene rings is 2. The summed E-state index contributed by atoms with van der Waals surface area (Å²) in [5, 5.41) is 50.6. The van der Waals surface area contributed by atoms with Gasteiger partial charge >= 0.3 is 11.9 Å². The van der Waals surface area contributed by atoms with E-state index >= 15 is 0 Å². The van der Waals surface area contributed by atoms with E-state index < -0.39 is 61.5 Å². The SMILES string of the molecule is CC=C1C(OC2OC(CO)C(O)C(O)C2O)OC=C2C(=O)OCCc3ccc(O)c(c3)Oc3ccc(cc3)CCOC(=O)CC21. The fraction of sp³-hybridized carbons (Fsp3) is 0.438. The van der Waals surface area contributed by atoms with Crippen LogP contribution in [0.2, 0.25) is 0 Å². The number of aliphatic hydroxyl groups is 4. The van der Waals surface area contributed by atoms with E-state index in [4.69, 9.17) is 28.4 Å². The molecule has 0 aliphatic carbocycles. The normalized spacial score (nSPS) is 30.4. The van der Waals surface area contributed by atoms with Gasteiger partial charge in [-0.2, -0.15) is 0 Å². The zero-order chi connectivity index (χ0) is 32.1. The first-order chi connectivity index (χ1) is 21.7. The summed E-state index contributed by atoms with van der Waals surface area (Å²) in [5.41, 5.74) is 1.96. The lowest BCUT2D eigenvalue weighted by molar-refractivity contribution is -0.327. The van der Waals surface area contributed by atoms with Gasteiger partial charge in [0.05, 0.1) is 38.1 Å². The summed E-state index contributed by atoms with van der Waals surface area (Å²) in [6.07, 6.45) is -5.85. The van der Waals surface area contributed by atoms with Crippen LogP contribution < -0.4 is 4.74 Å². The topological polar surface area (TPSA) is 191 Å². The second kappa shape index (κ2) is 14.4. The summed E-state index contributed by atoms with van der Waals surface area (Å²) < 4.78 is 33.9. The van der Waals surface area contributed by atoms with Gasteiger partial charge in [0.2, 0.25) is 6.29 Å². The van der Waals surface area contributed by atoms with Gasteiger partial charge in [-0.05, 0) is 42.3 Å². The molecule has 242 valence electrons. The highest BCUT2D eigenvalue weighted by atomic mass is 16.8. The number of phenols is 1. The molecular weight excluding hydrogens is 592 g/mol. The highest BCUT2D eigenvalue weighted by Crippen LogP contribution is 2.37. The Labute approximate surface area is 258 Å². The molecule has 5 N–H and O–H groups in total. The summed E-state index contributed by atoms with van der Waals surface area (Å²) in [6.45, 7) is 1.01. The van der Waals surface area contributed by atoms with Gasteiger partial charge in [0.1, 0.15) is 30.2 Å². The molecule has 4 heterocycles. The lowest BCUT2D eigenvalue weighted by atomic mass is 9.86. The molecule has 1 saturated heterocycles. The van der Waals surface area contributed by atoms with E-state index in [0.29, 0.717) is 24.2 Å². The van der Waals surface area contributed by atoms with Gasteiger partial charge in [-0.25, -0.2) is 4.79 Å². The molecule has 0 saturated carbocycles. The average Bonchev–Trinajstić information content (AvgIpc) is 3.03. The van der Waals surface area contributed by atoms with Crippen molar-refractivity contribution >= 4 is 11.9 Å². The van der Waals surface area contributed by atoms with E-state index in [0.717, 1.165) is 17.4 Å². The van der Waals surface area contributed by atoms with Crippen molar-refractivity contribution in [2.24, 2.45) is 5.92 Å². The van der Waals surface area contributed by atoms with Gasteiger partial charge < -0.3 is 54.0 Å². The molecule has 0 spiro atoms. The molecule has 4 bridgehead atoms. The molecule has 13 nitrogen and oxygen atoms in total. The van der Waals surface area contributed by atoms with Crippen LogP contribution in [0.25, 0.3) is 0 Å². The number of ether oxygens (including phenoxy) is 6. The zero-order valence-electron chi connectivity index (χ0n) is 24.5. The number of phenolic OH excluding ortho intramolecular Hbond substituents is 1. The first-order valence-electron chi connectivity index (χ1n) is 14.6. The molecule has 0 aromatic heterocycles. The van der Waals surface area contributed by atoms with Crippen LogP contribution in [0.15, 0.2) is 65.9 Å². The number of carbonyl (C=O) groups is 2. The van der Waals surface area contributed by atoms with E-state index in [1.165, 1.54) is 6.07 Å². The maximum absolute atomic E-state index is 13.3. The van der Waals surface area contributed by atoms with E-state index in [-0.39, 0.29) is 36.7 Å². The molecule has 6 rings (SSSR count). The zero-order valence-corrected chi connectivity index (χ0v) is 24.5. The van der Waals surface area contributed by atoms with Crippen LogP contribution >= 0.6 is 0 Å². The number of allylic oxidation sites excluding steroid dienone is 1. The van der Waals surface area contributed by atoms with Crippen molar-refractivity contribution in [3.8, 4) is 17.2 Å². The monoisotopic (exact) mass is 628 g/mol. The van der Waals surface area contributed by atoms with Crippen molar-refractivity contribution in [3.63, 3.8) is 0 Å². The van der Waals surface area contributed by atoms with Crippen molar-refractivity contribution in [2.45, 2.75) is 63.2 Å². The molecule has 2 aromatic carbocycles. The van der Waals surface area contributed by atoms with Crippen LogP contribution in [0.1, 0.15) is 24.5 Å². The predicted octanol–water partition coefficient (Wildman–Crippen LogP) is 1.38. The Bertz CT molecular complexity index is 1420. The quantitative estimate of drug-likeness (QED) is 0.242. The number of hydrogen-bond acceptors (Lipinski definition) is 13. The molecule has 0 amide bonds. The molecule has 45 heavy (non-hydrogen) atoms. The van der Waals surface area contributed by atoms with Gasteiger partial charge in [-0.15, -0.1) is 0 Å². The van der Waals surface area contributed by atoms with Crippen LogP contribution in [-0.2, 0) is 46.1 Å². The number of fused-ring (bicyclic) bond motifs is 9. The van der Waals surface area contributed by atoms with E-state index in [9.17, 15) is 35.1 Å². The predicted molar refractivity (Wildman–Crippen MR) is 154 cm³/mol. The Morgan fingerprint density at radius 2 is 1.64 bits per heavy atom. The van der Waals surface area contributed by atoms with Crippen LogP contribution in [0.5, 0.6) is 17.2 Å². The number of esters is 2. The maximum atomic E-state index is 13.3. The fourth-order valence-corrected chi connectivity index (χ4v) is 5.31. The Hall–Kier alpha value is -3.98. The third-order valence-corrected chi connectivity index (χ3v) is 7.87. The minimum Gasteiger partial charge on any atom is -0.504 e. The Balaban J connectivity index is 1.39. The van der Waals surface area contributed by atoms with Gasteiger partial charge in [-0.3, -0.25) is 4.79 Å². The molecule has 2 aromatic rings.